The molecule has 0 aliphatic carbocycles. The second-order valence-corrected chi connectivity index (χ2v) is 5.31. The minimum atomic E-state index is -0.133. The van der Waals surface area contributed by atoms with Crippen molar-refractivity contribution in [1.29, 1.82) is 0 Å². The molecule has 2 heterocycles. The normalized spacial score (nSPS) is 18.3. The molecular formula is C15H17N3O2. The molecule has 1 fully saturated rings. The van der Waals surface area contributed by atoms with E-state index in [4.69, 9.17) is 0 Å². The van der Waals surface area contributed by atoms with Crippen LogP contribution in [0.25, 0.3) is 10.9 Å². The molecule has 5 heteroatoms. The van der Waals surface area contributed by atoms with Gasteiger partial charge in [-0.1, -0.05) is 0 Å². The minimum Gasteiger partial charge on any atom is -0.358 e. The molecule has 1 aromatic heterocycles. The van der Waals surface area contributed by atoms with E-state index in [1.807, 2.05) is 26.0 Å². The molecule has 1 aliphatic rings. The summed E-state index contributed by atoms with van der Waals surface area (Å²) in [5.74, 6) is -0.144. The molecule has 2 aromatic rings. The number of aryl methyl sites for hydroxylation is 2. The van der Waals surface area contributed by atoms with E-state index in [0.717, 1.165) is 22.2 Å². The summed E-state index contributed by atoms with van der Waals surface area (Å²) in [5, 5.41) is 6.66. The SMILES string of the molecule is Cc1[nH]c2ccc(C(=O)NC3CNC(=O)C3)cc2c1C. The van der Waals surface area contributed by atoms with Crippen LogP contribution in [-0.4, -0.2) is 29.4 Å². The molecule has 3 rings (SSSR count). The number of hydrogen-bond donors (Lipinski definition) is 3. The van der Waals surface area contributed by atoms with Gasteiger partial charge in [0.15, 0.2) is 0 Å². The molecule has 1 aromatic carbocycles. The van der Waals surface area contributed by atoms with Crippen LogP contribution in [-0.2, 0) is 4.79 Å². The second-order valence-electron chi connectivity index (χ2n) is 5.31. The first-order valence-corrected chi connectivity index (χ1v) is 6.71. The van der Waals surface area contributed by atoms with Gasteiger partial charge in [-0.15, -0.1) is 0 Å². The molecule has 3 N–H and O–H groups in total. The van der Waals surface area contributed by atoms with Gasteiger partial charge in [0.1, 0.15) is 0 Å². The highest BCUT2D eigenvalue weighted by molar-refractivity contribution is 5.99. The van der Waals surface area contributed by atoms with Crippen LogP contribution < -0.4 is 10.6 Å². The maximum atomic E-state index is 12.2. The van der Waals surface area contributed by atoms with Gasteiger partial charge in [-0.2, -0.15) is 0 Å². The molecular weight excluding hydrogens is 254 g/mol. The van der Waals surface area contributed by atoms with Gasteiger partial charge in [-0.25, -0.2) is 0 Å². The van der Waals surface area contributed by atoms with Crippen LogP contribution in [0.1, 0.15) is 28.0 Å². The summed E-state index contributed by atoms with van der Waals surface area (Å²) in [7, 11) is 0. The van der Waals surface area contributed by atoms with Gasteiger partial charge in [0.2, 0.25) is 5.91 Å². The molecule has 2 amide bonds. The zero-order valence-electron chi connectivity index (χ0n) is 11.5. The Morgan fingerprint density at radius 2 is 2.15 bits per heavy atom. The van der Waals surface area contributed by atoms with Crippen LogP contribution in [0.5, 0.6) is 0 Å². The van der Waals surface area contributed by atoms with Gasteiger partial charge in [-0.3, -0.25) is 9.59 Å². The summed E-state index contributed by atoms with van der Waals surface area (Å²) in [6.07, 6.45) is 0.357. The number of amides is 2. The van der Waals surface area contributed by atoms with Crippen molar-refractivity contribution in [2.45, 2.75) is 26.3 Å². The number of aromatic amines is 1. The Bertz CT molecular complexity index is 702. The number of H-pyrrole nitrogens is 1. The molecule has 1 unspecified atom stereocenters. The quantitative estimate of drug-likeness (QED) is 0.772. The summed E-state index contributed by atoms with van der Waals surface area (Å²) >= 11 is 0. The second kappa shape index (κ2) is 4.67. The predicted octanol–water partition coefficient (Wildman–Crippen LogP) is 1.40. The summed E-state index contributed by atoms with van der Waals surface area (Å²) in [5.41, 5.74) is 3.93. The molecule has 1 atom stereocenters. The Morgan fingerprint density at radius 3 is 2.85 bits per heavy atom. The summed E-state index contributed by atoms with van der Waals surface area (Å²) < 4.78 is 0. The Kier molecular flexibility index (Phi) is 2.97. The number of carbonyl (C=O) groups is 2. The maximum absolute atomic E-state index is 12.2. The average Bonchev–Trinajstić information content (AvgIpc) is 2.94. The van der Waals surface area contributed by atoms with E-state index in [2.05, 4.69) is 15.6 Å². The molecule has 0 spiro atoms. The fraction of sp³-hybridized carbons (Fsp3) is 0.333. The van der Waals surface area contributed by atoms with Crippen molar-refractivity contribution in [1.82, 2.24) is 15.6 Å². The number of benzene rings is 1. The van der Waals surface area contributed by atoms with Crippen LogP contribution in [0, 0.1) is 13.8 Å². The zero-order chi connectivity index (χ0) is 14.3. The van der Waals surface area contributed by atoms with E-state index in [1.54, 1.807) is 6.07 Å². The first-order valence-electron chi connectivity index (χ1n) is 6.71. The molecule has 20 heavy (non-hydrogen) atoms. The third-order valence-electron chi connectivity index (χ3n) is 3.88. The standard InChI is InChI=1S/C15H17N3O2/c1-8-9(2)17-13-4-3-10(5-12(8)13)15(20)18-11-6-14(19)16-7-11/h3-5,11,17H,6-7H2,1-2H3,(H,16,19)(H,18,20). The molecule has 0 bridgehead atoms. The van der Waals surface area contributed by atoms with Crippen molar-refractivity contribution in [3.63, 3.8) is 0 Å². The third-order valence-corrected chi connectivity index (χ3v) is 3.88. The van der Waals surface area contributed by atoms with Gasteiger partial charge in [-0.05, 0) is 37.6 Å². The number of aromatic nitrogens is 1. The van der Waals surface area contributed by atoms with Crippen molar-refractivity contribution in [3.05, 3.63) is 35.0 Å². The van der Waals surface area contributed by atoms with E-state index in [-0.39, 0.29) is 17.9 Å². The van der Waals surface area contributed by atoms with Crippen LogP contribution in [0.15, 0.2) is 18.2 Å². The van der Waals surface area contributed by atoms with E-state index in [9.17, 15) is 9.59 Å². The first-order chi connectivity index (χ1) is 9.54. The van der Waals surface area contributed by atoms with Crippen molar-refractivity contribution < 1.29 is 9.59 Å². The topological polar surface area (TPSA) is 74.0 Å². The van der Waals surface area contributed by atoms with Crippen molar-refractivity contribution >= 4 is 22.7 Å². The lowest BCUT2D eigenvalue weighted by Crippen LogP contribution is -2.36. The minimum absolute atomic E-state index is 0.0112. The number of rotatable bonds is 2. The largest absolute Gasteiger partial charge is 0.358 e. The smallest absolute Gasteiger partial charge is 0.251 e. The highest BCUT2D eigenvalue weighted by Gasteiger charge is 2.23. The van der Waals surface area contributed by atoms with Crippen molar-refractivity contribution in [3.8, 4) is 0 Å². The number of fused-ring (bicyclic) bond motifs is 1. The summed E-state index contributed by atoms with van der Waals surface area (Å²) in [6.45, 7) is 4.56. The lowest BCUT2D eigenvalue weighted by molar-refractivity contribution is -0.119. The Morgan fingerprint density at radius 1 is 1.35 bits per heavy atom. The molecule has 0 radical (unpaired) electrons. The Balaban J connectivity index is 1.84. The van der Waals surface area contributed by atoms with Crippen LogP contribution in [0.4, 0.5) is 0 Å². The van der Waals surface area contributed by atoms with Gasteiger partial charge in [0, 0.05) is 35.1 Å². The fourth-order valence-corrected chi connectivity index (χ4v) is 2.58. The molecule has 1 aliphatic heterocycles. The monoisotopic (exact) mass is 271 g/mol. The Labute approximate surface area is 116 Å². The molecule has 104 valence electrons. The van der Waals surface area contributed by atoms with E-state index in [1.165, 1.54) is 0 Å². The van der Waals surface area contributed by atoms with Crippen molar-refractivity contribution in [2.24, 2.45) is 0 Å². The summed E-state index contributed by atoms with van der Waals surface area (Å²) in [4.78, 5) is 26.6. The highest BCUT2D eigenvalue weighted by atomic mass is 16.2. The van der Waals surface area contributed by atoms with E-state index < -0.39 is 0 Å². The molecule has 5 nitrogen and oxygen atoms in total. The Hall–Kier alpha value is -2.30. The highest BCUT2D eigenvalue weighted by Crippen LogP contribution is 2.22. The first kappa shape index (κ1) is 12.7. The average molecular weight is 271 g/mol. The zero-order valence-corrected chi connectivity index (χ0v) is 11.5. The van der Waals surface area contributed by atoms with Gasteiger partial charge >= 0.3 is 0 Å². The van der Waals surface area contributed by atoms with Crippen molar-refractivity contribution in [2.75, 3.05) is 6.54 Å². The van der Waals surface area contributed by atoms with E-state index in [0.29, 0.717) is 18.5 Å². The molecule has 0 saturated carbocycles. The lowest BCUT2D eigenvalue weighted by atomic mass is 10.1. The third kappa shape index (κ3) is 2.15. The van der Waals surface area contributed by atoms with Crippen LogP contribution in [0.3, 0.4) is 0 Å². The van der Waals surface area contributed by atoms with Gasteiger partial charge < -0.3 is 15.6 Å². The van der Waals surface area contributed by atoms with Gasteiger partial charge in [0.05, 0.1) is 6.04 Å². The van der Waals surface area contributed by atoms with E-state index >= 15 is 0 Å². The van der Waals surface area contributed by atoms with Gasteiger partial charge in [0.25, 0.3) is 5.91 Å². The predicted molar refractivity (Wildman–Crippen MR) is 76.7 cm³/mol. The number of nitrogens with one attached hydrogen (secondary N) is 3. The number of hydrogen-bond acceptors (Lipinski definition) is 2. The number of carbonyl (C=O) groups excluding carboxylic acids is 2. The summed E-state index contributed by atoms with van der Waals surface area (Å²) in [6, 6.07) is 5.51. The van der Waals surface area contributed by atoms with Crippen LogP contribution in [0.2, 0.25) is 0 Å². The van der Waals surface area contributed by atoms with Crippen LogP contribution >= 0.6 is 0 Å². The molecule has 1 saturated heterocycles. The maximum Gasteiger partial charge on any atom is 0.251 e. The fourth-order valence-electron chi connectivity index (χ4n) is 2.58. The lowest BCUT2D eigenvalue weighted by Gasteiger charge is -2.10.